The third kappa shape index (κ3) is 2.66. The molecule has 2 aliphatic heterocycles. The highest BCUT2D eigenvalue weighted by Crippen LogP contribution is 2.24. The van der Waals surface area contributed by atoms with E-state index in [9.17, 15) is 9.59 Å². The van der Waals surface area contributed by atoms with Crippen molar-refractivity contribution in [3.8, 4) is 0 Å². The van der Waals surface area contributed by atoms with E-state index in [0.717, 1.165) is 24.3 Å². The molecule has 0 aromatic heterocycles. The lowest BCUT2D eigenvalue weighted by Gasteiger charge is -2.28. The number of nitrogens with one attached hydrogen (secondary N) is 2. The summed E-state index contributed by atoms with van der Waals surface area (Å²) in [7, 11) is 0. The van der Waals surface area contributed by atoms with Gasteiger partial charge in [0.05, 0.1) is 19.3 Å². The number of hydrogen-bond acceptors (Lipinski definition) is 4. The van der Waals surface area contributed by atoms with Crippen LogP contribution in [0, 0.1) is 0 Å². The number of morpholine rings is 1. The smallest absolute Gasteiger partial charge is 0.246 e. The number of nitrogens with zero attached hydrogens (tertiary/aromatic N) is 1. The normalized spacial score (nSPS) is 23.6. The molecule has 2 saturated heterocycles. The summed E-state index contributed by atoms with van der Waals surface area (Å²) in [5.41, 5.74) is 1.77. The summed E-state index contributed by atoms with van der Waals surface area (Å²) in [6.07, 6.45) is -0.00239. The molecule has 1 aromatic carbocycles. The molecule has 6 heteroatoms. The van der Waals surface area contributed by atoms with Crippen molar-refractivity contribution in [2.45, 2.75) is 6.10 Å². The second kappa shape index (κ2) is 5.60. The highest BCUT2D eigenvalue weighted by Gasteiger charge is 2.25. The quantitative estimate of drug-likeness (QED) is 0.785. The Morgan fingerprint density at radius 1 is 1.30 bits per heavy atom. The molecule has 0 bridgehead atoms. The number of hydrogen-bond donors (Lipinski definition) is 2. The van der Waals surface area contributed by atoms with Crippen molar-refractivity contribution in [3.63, 3.8) is 0 Å². The maximum Gasteiger partial charge on any atom is 0.246 e. The monoisotopic (exact) mass is 275 g/mol. The van der Waals surface area contributed by atoms with Crippen LogP contribution in [0.1, 0.15) is 11.7 Å². The molecule has 1 atom stereocenters. The first-order chi connectivity index (χ1) is 9.74. The fourth-order valence-electron chi connectivity index (χ4n) is 2.47. The van der Waals surface area contributed by atoms with Crippen LogP contribution in [0.15, 0.2) is 24.3 Å². The molecule has 2 N–H and O–H groups in total. The van der Waals surface area contributed by atoms with Gasteiger partial charge in [-0.2, -0.15) is 0 Å². The zero-order chi connectivity index (χ0) is 13.9. The van der Waals surface area contributed by atoms with Gasteiger partial charge < -0.3 is 20.3 Å². The molecule has 0 radical (unpaired) electrons. The Kier molecular flexibility index (Phi) is 3.66. The van der Waals surface area contributed by atoms with Crippen molar-refractivity contribution in [2.75, 3.05) is 37.7 Å². The minimum absolute atomic E-state index is 0.00239. The number of piperazine rings is 1. The number of ether oxygens (including phenoxy) is 1. The summed E-state index contributed by atoms with van der Waals surface area (Å²) in [6, 6.07) is 7.64. The predicted octanol–water partition coefficient (Wildman–Crippen LogP) is -0.190. The van der Waals surface area contributed by atoms with Crippen molar-refractivity contribution in [3.05, 3.63) is 29.8 Å². The first kappa shape index (κ1) is 13.1. The van der Waals surface area contributed by atoms with Crippen molar-refractivity contribution < 1.29 is 14.3 Å². The Hall–Kier alpha value is -1.92. The Bertz CT molecular complexity index is 526. The van der Waals surface area contributed by atoms with E-state index in [0.29, 0.717) is 6.61 Å². The minimum atomic E-state index is -0.134. The summed E-state index contributed by atoms with van der Waals surface area (Å²) < 4.78 is 5.71. The topological polar surface area (TPSA) is 70.7 Å². The number of amides is 2. The van der Waals surface area contributed by atoms with Crippen molar-refractivity contribution in [1.29, 1.82) is 0 Å². The molecule has 0 spiro atoms. The molecular formula is C14H17N3O3. The van der Waals surface area contributed by atoms with Gasteiger partial charge in [0.25, 0.3) is 0 Å². The molecule has 0 saturated carbocycles. The molecule has 2 heterocycles. The van der Waals surface area contributed by atoms with Crippen molar-refractivity contribution in [1.82, 2.24) is 10.6 Å². The maximum absolute atomic E-state index is 11.9. The molecule has 2 fully saturated rings. The SMILES string of the molecule is O=C1CN(c2cccc(C3CNCCO3)c2)C(=O)CN1. The molecule has 3 rings (SSSR count). The van der Waals surface area contributed by atoms with Gasteiger partial charge in [0, 0.05) is 18.8 Å². The number of carbonyl (C=O) groups excluding carboxylic acids is 2. The van der Waals surface area contributed by atoms with Gasteiger partial charge in [-0.05, 0) is 17.7 Å². The van der Waals surface area contributed by atoms with E-state index in [4.69, 9.17) is 4.74 Å². The summed E-state index contributed by atoms with van der Waals surface area (Å²) in [5.74, 6) is -0.227. The lowest BCUT2D eigenvalue weighted by molar-refractivity contribution is -0.128. The molecule has 6 nitrogen and oxygen atoms in total. The molecule has 2 aliphatic rings. The van der Waals surface area contributed by atoms with E-state index in [1.165, 1.54) is 4.90 Å². The average Bonchev–Trinajstić information content (AvgIpc) is 2.51. The number of anilines is 1. The summed E-state index contributed by atoms with van der Waals surface area (Å²) in [5, 5.41) is 5.82. The largest absolute Gasteiger partial charge is 0.371 e. The fourth-order valence-corrected chi connectivity index (χ4v) is 2.47. The van der Waals surface area contributed by atoms with Gasteiger partial charge in [0.15, 0.2) is 0 Å². The summed E-state index contributed by atoms with van der Waals surface area (Å²) >= 11 is 0. The lowest BCUT2D eigenvalue weighted by atomic mass is 10.1. The molecular weight excluding hydrogens is 258 g/mol. The molecule has 1 unspecified atom stereocenters. The van der Waals surface area contributed by atoms with E-state index in [-0.39, 0.29) is 31.0 Å². The molecule has 2 amide bonds. The predicted molar refractivity (Wildman–Crippen MR) is 73.4 cm³/mol. The zero-order valence-corrected chi connectivity index (χ0v) is 11.1. The molecule has 20 heavy (non-hydrogen) atoms. The van der Waals surface area contributed by atoms with Crippen molar-refractivity contribution >= 4 is 17.5 Å². The number of rotatable bonds is 2. The van der Waals surface area contributed by atoms with Gasteiger partial charge in [-0.3, -0.25) is 9.59 Å². The second-order valence-electron chi connectivity index (χ2n) is 4.92. The Morgan fingerprint density at radius 3 is 3.00 bits per heavy atom. The van der Waals surface area contributed by atoms with Gasteiger partial charge in [-0.1, -0.05) is 12.1 Å². The van der Waals surface area contributed by atoms with Gasteiger partial charge in [-0.25, -0.2) is 0 Å². The Morgan fingerprint density at radius 2 is 2.20 bits per heavy atom. The van der Waals surface area contributed by atoms with Crippen LogP contribution in [0.4, 0.5) is 5.69 Å². The minimum Gasteiger partial charge on any atom is -0.371 e. The number of benzene rings is 1. The summed E-state index contributed by atoms with van der Waals surface area (Å²) in [6.45, 7) is 2.44. The highest BCUT2D eigenvalue weighted by molar-refractivity contribution is 6.04. The first-order valence-corrected chi connectivity index (χ1v) is 6.73. The third-order valence-corrected chi connectivity index (χ3v) is 3.52. The van der Waals surface area contributed by atoms with Crippen LogP contribution in [-0.4, -0.2) is 44.6 Å². The maximum atomic E-state index is 11.9. The van der Waals surface area contributed by atoms with Crippen molar-refractivity contribution in [2.24, 2.45) is 0 Å². The van der Waals surface area contributed by atoms with Crippen LogP contribution >= 0.6 is 0 Å². The van der Waals surface area contributed by atoms with E-state index < -0.39 is 0 Å². The number of carbonyl (C=O) groups is 2. The highest BCUT2D eigenvalue weighted by atomic mass is 16.5. The van der Waals surface area contributed by atoms with Crippen LogP contribution in [0.5, 0.6) is 0 Å². The van der Waals surface area contributed by atoms with Gasteiger partial charge in [0.2, 0.25) is 11.8 Å². The van der Waals surface area contributed by atoms with E-state index in [2.05, 4.69) is 10.6 Å². The van der Waals surface area contributed by atoms with Gasteiger partial charge >= 0.3 is 0 Å². The fraction of sp³-hybridized carbons (Fsp3) is 0.429. The standard InChI is InChI=1S/C14H17N3O3/c18-13-9-17(14(19)8-16-13)11-3-1-2-10(6-11)12-7-15-4-5-20-12/h1-3,6,12,15H,4-5,7-9H2,(H,16,18). The average molecular weight is 275 g/mol. The van der Waals surface area contributed by atoms with Gasteiger partial charge in [0.1, 0.15) is 6.54 Å². The second-order valence-corrected chi connectivity index (χ2v) is 4.92. The van der Waals surface area contributed by atoms with E-state index in [1.807, 2.05) is 24.3 Å². The van der Waals surface area contributed by atoms with Crippen LogP contribution in [-0.2, 0) is 14.3 Å². The van der Waals surface area contributed by atoms with Crippen LogP contribution in [0.25, 0.3) is 0 Å². The Balaban J connectivity index is 1.82. The molecule has 0 aliphatic carbocycles. The third-order valence-electron chi connectivity index (χ3n) is 3.52. The summed E-state index contributed by atoms with van der Waals surface area (Å²) in [4.78, 5) is 24.8. The van der Waals surface area contributed by atoms with Crippen LogP contribution in [0.2, 0.25) is 0 Å². The Labute approximate surface area is 117 Å². The van der Waals surface area contributed by atoms with E-state index >= 15 is 0 Å². The molecule has 1 aromatic rings. The van der Waals surface area contributed by atoms with Gasteiger partial charge in [-0.15, -0.1) is 0 Å². The zero-order valence-electron chi connectivity index (χ0n) is 11.1. The molecule has 106 valence electrons. The van der Waals surface area contributed by atoms with Crippen LogP contribution < -0.4 is 15.5 Å². The van der Waals surface area contributed by atoms with Crippen LogP contribution in [0.3, 0.4) is 0 Å². The first-order valence-electron chi connectivity index (χ1n) is 6.73. The van der Waals surface area contributed by atoms with E-state index in [1.54, 1.807) is 0 Å². The lowest BCUT2D eigenvalue weighted by Crippen LogP contribution is -2.51.